The molecule has 4 N–H and O–H groups in total. The number of nitrogens with one attached hydrogen (secondary N) is 1. The van der Waals surface area contributed by atoms with E-state index in [0.29, 0.717) is 5.95 Å². The maximum absolute atomic E-state index is 13.4. The Hall–Kier alpha value is -4.42. The number of hydrogen-bond donors (Lipinski definition) is 3. The molecule has 1 saturated carbocycles. The molecule has 0 spiro atoms. The van der Waals surface area contributed by atoms with Gasteiger partial charge < -0.3 is 25.6 Å². The zero-order valence-corrected chi connectivity index (χ0v) is 22.7. The zero-order chi connectivity index (χ0) is 28.1. The fourth-order valence-corrected chi connectivity index (χ4v) is 5.62. The van der Waals surface area contributed by atoms with Crippen molar-refractivity contribution in [2.75, 3.05) is 36.0 Å². The lowest BCUT2D eigenvalue weighted by molar-refractivity contribution is 0.0434. The van der Waals surface area contributed by atoms with E-state index in [4.69, 9.17) is 5.73 Å². The van der Waals surface area contributed by atoms with Crippen LogP contribution in [0.4, 0.5) is 16.2 Å². The number of aliphatic hydroxyl groups excluding tert-OH is 1. The van der Waals surface area contributed by atoms with Gasteiger partial charge >= 0.3 is 0 Å². The summed E-state index contributed by atoms with van der Waals surface area (Å²) in [4.78, 5) is 26.2. The van der Waals surface area contributed by atoms with Crippen LogP contribution in [0.3, 0.4) is 0 Å². The molecule has 210 valence electrons. The molecule has 1 atom stereocenters. The third-order valence-corrected chi connectivity index (χ3v) is 8.32. The lowest BCUT2D eigenvalue weighted by Gasteiger charge is -2.35. The van der Waals surface area contributed by atoms with Crippen molar-refractivity contribution in [1.29, 1.82) is 0 Å². The fourth-order valence-electron chi connectivity index (χ4n) is 5.62. The van der Waals surface area contributed by atoms with E-state index in [9.17, 15) is 9.50 Å². The van der Waals surface area contributed by atoms with Gasteiger partial charge in [-0.05, 0) is 43.5 Å². The van der Waals surface area contributed by atoms with Gasteiger partial charge in [-0.1, -0.05) is 12.1 Å². The first-order valence-corrected chi connectivity index (χ1v) is 13.8. The first kappa shape index (κ1) is 25.5. The number of rotatable bonds is 6. The van der Waals surface area contributed by atoms with Crippen molar-refractivity contribution in [2.45, 2.75) is 37.5 Å². The van der Waals surface area contributed by atoms with Crippen molar-refractivity contribution in [2.24, 2.45) is 5.73 Å². The van der Waals surface area contributed by atoms with E-state index in [0.717, 1.165) is 78.3 Å². The van der Waals surface area contributed by atoms with Gasteiger partial charge in [0, 0.05) is 55.9 Å². The second-order valence-electron chi connectivity index (χ2n) is 11.1. The van der Waals surface area contributed by atoms with Crippen molar-refractivity contribution in [3.05, 3.63) is 78.4 Å². The molecule has 41 heavy (non-hydrogen) atoms. The van der Waals surface area contributed by atoms with Crippen molar-refractivity contribution in [3.8, 4) is 11.3 Å². The minimum atomic E-state index is -0.836. The minimum absolute atomic E-state index is 0.223. The van der Waals surface area contributed by atoms with Gasteiger partial charge in [0.25, 0.3) is 0 Å². The lowest BCUT2D eigenvalue weighted by Crippen LogP contribution is -2.47. The van der Waals surface area contributed by atoms with Gasteiger partial charge in [0.1, 0.15) is 23.6 Å². The zero-order valence-electron chi connectivity index (χ0n) is 22.7. The van der Waals surface area contributed by atoms with E-state index in [2.05, 4.69) is 45.9 Å². The van der Waals surface area contributed by atoms with Gasteiger partial charge in [-0.25, -0.2) is 24.3 Å². The number of aliphatic hydroxyl groups is 1. The predicted molar refractivity (Wildman–Crippen MR) is 153 cm³/mol. The Morgan fingerprint density at radius 2 is 1.66 bits per heavy atom. The highest BCUT2D eigenvalue weighted by atomic mass is 19.1. The third kappa shape index (κ3) is 4.68. The number of aromatic amines is 1. The number of piperazine rings is 1. The number of fused-ring (bicyclic) bond motifs is 1. The van der Waals surface area contributed by atoms with Gasteiger partial charge in [0.05, 0.1) is 35.0 Å². The maximum Gasteiger partial charge on any atom is 0.225 e. The molecule has 11 nitrogen and oxygen atoms in total. The molecule has 2 fully saturated rings. The molecule has 7 rings (SSSR count). The summed E-state index contributed by atoms with van der Waals surface area (Å²) in [6.07, 6.45) is 10.2. The highest BCUT2D eigenvalue weighted by Gasteiger charge is 2.30. The topological polar surface area (TPSA) is 138 Å². The highest BCUT2D eigenvalue weighted by molar-refractivity contribution is 5.91. The van der Waals surface area contributed by atoms with Crippen LogP contribution in [0.2, 0.25) is 0 Å². The first-order chi connectivity index (χ1) is 19.8. The molecular weight excluding hydrogens is 523 g/mol. The molecule has 1 aliphatic carbocycles. The number of hydrogen-bond acceptors (Lipinski definition) is 9. The molecule has 5 aromatic rings. The second-order valence-corrected chi connectivity index (χ2v) is 11.1. The summed E-state index contributed by atoms with van der Waals surface area (Å²) in [7, 11) is 0. The predicted octanol–water partition coefficient (Wildman–Crippen LogP) is 3.00. The first-order valence-electron chi connectivity index (χ1n) is 13.8. The standard InChI is InChI=1S/C29H31FN10O/c1-29(31,19-2-4-21(30)5-3-19)20-14-32-28(33-15-20)39-8-6-38(7-9-39)27-24-12-25(37-26(24)34-17-35-27)18-13-36-40(16-18)22-10-23(41)11-22/h2-5,12-17,22-23,41H,6-11,31H2,1H3,(H,34,35,37). The third-order valence-electron chi connectivity index (χ3n) is 8.32. The monoisotopic (exact) mass is 554 g/mol. The Labute approximate surface area is 235 Å². The minimum Gasteiger partial charge on any atom is -0.393 e. The number of nitrogens with zero attached hydrogens (tertiary/aromatic N) is 8. The van der Waals surface area contributed by atoms with Crippen molar-refractivity contribution in [3.63, 3.8) is 0 Å². The van der Waals surface area contributed by atoms with Crippen LogP contribution < -0.4 is 15.5 Å². The highest BCUT2D eigenvalue weighted by Crippen LogP contribution is 2.34. The average molecular weight is 555 g/mol. The van der Waals surface area contributed by atoms with Crippen molar-refractivity contribution < 1.29 is 9.50 Å². The molecule has 1 aliphatic heterocycles. The van der Waals surface area contributed by atoms with Crippen LogP contribution in [0.25, 0.3) is 22.3 Å². The summed E-state index contributed by atoms with van der Waals surface area (Å²) < 4.78 is 15.3. The molecular formula is C29H31FN10O. The number of anilines is 2. The Balaban J connectivity index is 1.04. The summed E-state index contributed by atoms with van der Waals surface area (Å²) in [5.74, 6) is 1.24. The van der Waals surface area contributed by atoms with Crippen LogP contribution in [0.5, 0.6) is 0 Å². The summed E-state index contributed by atoms with van der Waals surface area (Å²) in [6, 6.07) is 8.53. The van der Waals surface area contributed by atoms with Crippen LogP contribution >= 0.6 is 0 Å². The second kappa shape index (κ2) is 9.89. The molecule has 5 heterocycles. The van der Waals surface area contributed by atoms with Crippen molar-refractivity contribution in [1.82, 2.24) is 34.7 Å². The van der Waals surface area contributed by atoms with Crippen LogP contribution in [0, 0.1) is 5.82 Å². The summed E-state index contributed by atoms with van der Waals surface area (Å²) in [5, 5.41) is 15.1. The number of benzene rings is 1. The van der Waals surface area contributed by atoms with E-state index in [-0.39, 0.29) is 18.0 Å². The Kier molecular flexibility index (Phi) is 6.16. The molecule has 0 radical (unpaired) electrons. The average Bonchev–Trinajstić information content (AvgIpc) is 3.63. The molecule has 1 saturated heterocycles. The quantitative estimate of drug-likeness (QED) is 0.289. The lowest BCUT2D eigenvalue weighted by atomic mass is 9.87. The summed E-state index contributed by atoms with van der Waals surface area (Å²) in [6.45, 7) is 4.85. The van der Waals surface area contributed by atoms with Gasteiger partial charge in [-0.15, -0.1) is 0 Å². The smallest absolute Gasteiger partial charge is 0.225 e. The van der Waals surface area contributed by atoms with Gasteiger partial charge in [0.2, 0.25) is 5.95 Å². The van der Waals surface area contributed by atoms with E-state index in [1.807, 2.05) is 24.0 Å². The maximum atomic E-state index is 13.4. The SMILES string of the molecule is CC(N)(c1ccc(F)cc1)c1cnc(N2CCN(c3ncnc4[nH]c(-c5cnn(C6CC(O)C6)c5)cc34)CC2)nc1. The molecule has 2 aliphatic rings. The summed E-state index contributed by atoms with van der Waals surface area (Å²) >= 11 is 0. The van der Waals surface area contributed by atoms with Crippen LogP contribution in [0.15, 0.2) is 61.4 Å². The Morgan fingerprint density at radius 1 is 0.951 bits per heavy atom. The molecule has 1 unspecified atom stereocenters. The number of halogens is 1. The van der Waals surface area contributed by atoms with E-state index >= 15 is 0 Å². The van der Waals surface area contributed by atoms with E-state index < -0.39 is 5.54 Å². The molecule has 12 heteroatoms. The molecule has 4 aromatic heterocycles. The largest absolute Gasteiger partial charge is 0.393 e. The summed E-state index contributed by atoms with van der Waals surface area (Å²) in [5.41, 5.74) is 10.00. The Bertz CT molecular complexity index is 1670. The van der Waals surface area contributed by atoms with Gasteiger partial charge in [-0.3, -0.25) is 4.68 Å². The van der Waals surface area contributed by atoms with Crippen LogP contribution in [-0.4, -0.2) is 72.1 Å². The molecule has 0 bridgehead atoms. The fraction of sp³-hybridized carbons (Fsp3) is 0.345. The number of nitrogens with two attached hydrogens (primary N) is 1. The normalized spacial score (nSPS) is 20.7. The van der Waals surface area contributed by atoms with Crippen LogP contribution in [-0.2, 0) is 5.54 Å². The van der Waals surface area contributed by atoms with E-state index in [1.165, 1.54) is 12.1 Å². The Morgan fingerprint density at radius 3 is 2.37 bits per heavy atom. The van der Waals surface area contributed by atoms with Gasteiger partial charge in [-0.2, -0.15) is 5.10 Å². The molecule has 0 amide bonds. The van der Waals surface area contributed by atoms with Crippen LogP contribution in [0.1, 0.15) is 36.9 Å². The number of aromatic nitrogens is 7. The van der Waals surface area contributed by atoms with Gasteiger partial charge in [0.15, 0.2) is 0 Å². The van der Waals surface area contributed by atoms with Crippen molar-refractivity contribution >= 4 is 22.8 Å². The molecule has 1 aromatic carbocycles. The number of H-pyrrole nitrogens is 1. The van der Waals surface area contributed by atoms with E-state index in [1.54, 1.807) is 30.9 Å².